The molecule has 0 saturated heterocycles. The highest BCUT2D eigenvalue weighted by molar-refractivity contribution is 7.98. The molecule has 0 radical (unpaired) electrons. The minimum atomic E-state index is -0.464. The summed E-state index contributed by atoms with van der Waals surface area (Å²) in [7, 11) is 0. The molecule has 20 heavy (non-hydrogen) atoms. The minimum Gasteiger partial charge on any atom is -0.337 e. The Balaban J connectivity index is 1.67. The van der Waals surface area contributed by atoms with Crippen molar-refractivity contribution in [2.45, 2.75) is 41.9 Å². The van der Waals surface area contributed by atoms with Crippen LogP contribution in [0, 0.1) is 5.82 Å². The van der Waals surface area contributed by atoms with Crippen molar-refractivity contribution in [1.82, 2.24) is 10.1 Å². The van der Waals surface area contributed by atoms with Gasteiger partial charge in [-0.05, 0) is 25.0 Å². The van der Waals surface area contributed by atoms with E-state index in [0.29, 0.717) is 22.4 Å². The number of aromatic nitrogens is 2. The van der Waals surface area contributed by atoms with Crippen LogP contribution in [0.2, 0.25) is 0 Å². The molecule has 106 valence electrons. The molecule has 2 aromatic rings. The predicted octanol–water partition coefficient (Wildman–Crippen LogP) is 3.23. The van der Waals surface area contributed by atoms with Crippen LogP contribution in [0.3, 0.4) is 0 Å². The summed E-state index contributed by atoms with van der Waals surface area (Å²) in [6.07, 6.45) is 3.96. The molecule has 1 aliphatic rings. The molecule has 2 N–H and O–H groups in total. The molecular formula is C14H16FN3OS. The third kappa shape index (κ3) is 2.71. The van der Waals surface area contributed by atoms with Crippen LogP contribution in [-0.2, 0) is 11.3 Å². The zero-order valence-corrected chi connectivity index (χ0v) is 11.8. The van der Waals surface area contributed by atoms with Crippen molar-refractivity contribution in [2.75, 3.05) is 0 Å². The largest absolute Gasteiger partial charge is 0.337 e. The van der Waals surface area contributed by atoms with E-state index in [4.69, 9.17) is 10.3 Å². The molecule has 0 unspecified atom stereocenters. The summed E-state index contributed by atoms with van der Waals surface area (Å²) in [5.41, 5.74) is 5.80. The maximum absolute atomic E-state index is 13.5. The first-order valence-electron chi connectivity index (χ1n) is 6.67. The number of halogens is 1. The smallest absolute Gasteiger partial charge is 0.246 e. The van der Waals surface area contributed by atoms with E-state index in [1.54, 1.807) is 18.2 Å². The second kappa shape index (κ2) is 5.54. The first kappa shape index (κ1) is 13.6. The molecule has 4 nitrogen and oxygen atoms in total. The molecule has 1 heterocycles. The van der Waals surface area contributed by atoms with Gasteiger partial charge in [-0.3, -0.25) is 0 Å². The standard InChI is InChI=1S/C14H16FN3OS/c15-10-5-1-2-6-11(10)20-9-12-17-13(19-18-12)14(16)7-3-4-8-14/h1-2,5-6H,3-4,7-9,16H2. The van der Waals surface area contributed by atoms with E-state index < -0.39 is 5.54 Å². The Morgan fingerprint density at radius 3 is 2.80 bits per heavy atom. The van der Waals surface area contributed by atoms with Gasteiger partial charge in [0.25, 0.3) is 0 Å². The van der Waals surface area contributed by atoms with Crippen LogP contribution in [0.25, 0.3) is 0 Å². The van der Waals surface area contributed by atoms with Crippen LogP contribution < -0.4 is 5.73 Å². The summed E-state index contributed by atoms with van der Waals surface area (Å²) in [6, 6.07) is 6.66. The molecule has 0 bridgehead atoms. The lowest BCUT2D eigenvalue weighted by atomic mass is 10.00. The fraction of sp³-hybridized carbons (Fsp3) is 0.429. The normalized spacial score (nSPS) is 17.5. The Morgan fingerprint density at radius 2 is 2.05 bits per heavy atom. The number of rotatable bonds is 4. The minimum absolute atomic E-state index is 0.229. The van der Waals surface area contributed by atoms with Crippen molar-refractivity contribution < 1.29 is 8.91 Å². The molecule has 1 aliphatic carbocycles. The van der Waals surface area contributed by atoms with E-state index in [0.717, 1.165) is 25.7 Å². The lowest BCUT2D eigenvalue weighted by molar-refractivity contribution is 0.284. The molecule has 6 heteroatoms. The highest BCUT2D eigenvalue weighted by Crippen LogP contribution is 2.35. The van der Waals surface area contributed by atoms with Crippen molar-refractivity contribution in [3.63, 3.8) is 0 Å². The molecule has 1 aromatic carbocycles. The third-order valence-corrected chi connectivity index (χ3v) is 4.63. The second-order valence-corrected chi connectivity index (χ2v) is 6.12. The number of hydrogen-bond donors (Lipinski definition) is 1. The highest BCUT2D eigenvalue weighted by atomic mass is 32.2. The Bertz CT molecular complexity index is 596. The lowest BCUT2D eigenvalue weighted by Crippen LogP contribution is -2.33. The molecule has 0 spiro atoms. The molecule has 1 fully saturated rings. The quantitative estimate of drug-likeness (QED) is 0.877. The van der Waals surface area contributed by atoms with E-state index >= 15 is 0 Å². The molecule has 0 amide bonds. The van der Waals surface area contributed by atoms with Gasteiger partial charge in [-0.1, -0.05) is 30.1 Å². The lowest BCUT2D eigenvalue weighted by Gasteiger charge is -2.17. The highest BCUT2D eigenvalue weighted by Gasteiger charge is 2.36. The van der Waals surface area contributed by atoms with Crippen LogP contribution >= 0.6 is 11.8 Å². The topological polar surface area (TPSA) is 64.9 Å². The van der Waals surface area contributed by atoms with Gasteiger partial charge in [0.05, 0.1) is 11.3 Å². The van der Waals surface area contributed by atoms with E-state index in [-0.39, 0.29) is 5.82 Å². The van der Waals surface area contributed by atoms with E-state index in [9.17, 15) is 4.39 Å². The van der Waals surface area contributed by atoms with Gasteiger partial charge in [-0.2, -0.15) is 4.98 Å². The molecule has 0 atom stereocenters. The first-order chi connectivity index (χ1) is 9.67. The second-order valence-electron chi connectivity index (χ2n) is 5.10. The molecular weight excluding hydrogens is 277 g/mol. The summed E-state index contributed by atoms with van der Waals surface area (Å²) in [4.78, 5) is 4.95. The van der Waals surface area contributed by atoms with Gasteiger partial charge in [-0.15, -0.1) is 11.8 Å². The average Bonchev–Trinajstić information content (AvgIpc) is 3.08. The number of nitrogens with zero attached hydrogens (tertiary/aromatic N) is 2. The van der Waals surface area contributed by atoms with Gasteiger partial charge in [-0.25, -0.2) is 4.39 Å². The summed E-state index contributed by atoms with van der Waals surface area (Å²) in [5.74, 6) is 1.32. The summed E-state index contributed by atoms with van der Waals surface area (Å²) in [6.45, 7) is 0. The van der Waals surface area contributed by atoms with E-state index in [1.807, 2.05) is 0 Å². The van der Waals surface area contributed by atoms with Gasteiger partial charge in [0.2, 0.25) is 5.89 Å². The van der Waals surface area contributed by atoms with Gasteiger partial charge < -0.3 is 10.3 Å². The van der Waals surface area contributed by atoms with Crippen LogP contribution in [-0.4, -0.2) is 10.1 Å². The number of thioether (sulfide) groups is 1. The Labute approximate surface area is 120 Å². The van der Waals surface area contributed by atoms with Crippen LogP contribution in [0.1, 0.15) is 37.4 Å². The Hall–Kier alpha value is -1.40. The maximum Gasteiger partial charge on any atom is 0.246 e. The Kier molecular flexibility index (Phi) is 3.76. The summed E-state index contributed by atoms with van der Waals surface area (Å²) >= 11 is 1.35. The van der Waals surface area contributed by atoms with Gasteiger partial charge >= 0.3 is 0 Å². The van der Waals surface area contributed by atoms with Crippen molar-refractivity contribution >= 4 is 11.8 Å². The van der Waals surface area contributed by atoms with Gasteiger partial charge in [0, 0.05) is 4.90 Å². The molecule has 1 saturated carbocycles. The maximum atomic E-state index is 13.5. The van der Waals surface area contributed by atoms with Crippen molar-refractivity contribution in [2.24, 2.45) is 5.73 Å². The van der Waals surface area contributed by atoms with E-state index in [1.165, 1.54) is 17.8 Å². The van der Waals surface area contributed by atoms with E-state index in [2.05, 4.69) is 10.1 Å². The van der Waals surface area contributed by atoms with Crippen molar-refractivity contribution in [1.29, 1.82) is 0 Å². The summed E-state index contributed by atoms with van der Waals surface area (Å²) < 4.78 is 18.8. The predicted molar refractivity (Wildman–Crippen MR) is 74.6 cm³/mol. The molecule has 1 aromatic heterocycles. The third-order valence-electron chi connectivity index (χ3n) is 3.58. The van der Waals surface area contributed by atoms with Crippen LogP contribution in [0.4, 0.5) is 4.39 Å². The Morgan fingerprint density at radius 1 is 1.30 bits per heavy atom. The fourth-order valence-corrected chi connectivity index (χ4v) is 3.22. The summed E-state index contributed by atoms with van der Waals surface area (Å²) in [5, 5.41) is 3.94. The number of nitrogens with two attached hydrogens (primary N) is 1. The SMILES string of the molecule is NC1(c2nc(CSc3ccccc3F)no2)CCCC1. The van der Waals surface area contributed by atoms with Gasteiger partial charge in [0.15, 0.2) is 5.82 Å². The zero-order valence-electron chi connectivity index (χ0n) is 11.0. The first-order valence-corrected chi connectivity index (χ1v) is 7.65. The average molecular weight is 293 g/mol. The zero-order chi connectivity index (χ0) is 14.0. The van der Waals surface area contributed by atoms with Crippen LogP contribution in [0.15, 0.2) is 33.7 Å². The number of hydrogen-bond acceptors (Lipinski definition) is 5. The number of benzene rings is 1. The monoisotopic (exact) mass is 293 g/mol. The van der Waals surface area contributed by atoms with Crippen LogP contribution in [0.5, 0.6) is 0 Å². The van der Waals surface area contributed by atoms with Gasteiger partial charge in [0.1, 0.15) is 5.82 Å². The molecule has 0 aliphatic heterocycles. The molecule has 3 rings (SSSR count). The fourth-order valence-electron chi connectivity index (χ4n) is 2.44. The van der Waals surface area contributed by atoms with Crippen molar-refractivity contribution in [3.8, 4) is 0 Å². The van der Waals surface area contributed by atoms with Crippen molar-refractivity contribution in [3.05, 3.63) is 41.8 Å².